The van der Waals surface area contributed by atoms with Crippen LogP contribution in [0.3, 0.4) is 0 Å². The summed E-state index contributed by atoms with van der Waals surface area (Å²) in [4.78, 5) is 10.7. The Balaban J connectivity index is 1.38. The van der Waals surface area contributed by atoms with Gasteiger partial charge >= 0.3 is 0 Å². The van der Waals surface area contributed by atoms with Crippen LogP contribution in [0.2, 0.25) is 0 Å². The Hall–Kier alpha value is -11.7. The normalized spacial score (nSPS) is 20.7. The predicted molar refractivity (Wildman–Crippen MR) is 379 cm³/mol. The minimum Gasteiger partial charge on any atom is -0.356 e. The van der Waals surface area contributed by atoms with E-state index in [9.17, 15) is 21.0 Å². The number of aromatic nitrogens is 3. The highest BCUT2D eigenvalue weighted by Gasteiger charge is 2.35. The van der Waals surface area contributed by atoms with E-state index in [4.69, 9.17) is 4.98 Å². The smallest absolute Gasteiger partial charge is 0.165 e. The van der Waals surface area contributed by atoms with Gasteiger partial charge in [0.05, 0.1) is 57.7 Å². The summed E-state index contributed by atoms with van der Waals surface area (Å²) in [7, 11) is 0. The molecule has 1 N–H and O–H groups in total. The number of benzene rings is 7. The van der Waals surface area contributed by atoms with Crippen molar-refractivity contribution in [3.63, 3.8) is 0 Å². The van der Waals surface area contributed by atoms with Gasteiger partial charge in [0, 0.05) is 101 Å². The second-order valence-corrected chi connectivity index (χ2v) is 23.9. The molecule has 1 unspecified atom stereocenters. The number of pyridine rings is 1. The molecular weight excluding hydrogens is 1120 g/mol. The summed E-state index contributed by atoms with van der Waals surface area (Å²) in [6.07, 6.45) is 18.4. The van der Waals surface area contributed by atoms with Crippen LogP contribution < -0.4 is 15.1 Å². The van der Waals surface area contributed by atoms with E-state index in [1.54, 1.807) is 0 Å². The first-order valence-electron chi connectivity index (χ1n) is 31.3. The van der Waals surface area contributed by atoms with Crippen molar-refractivity contribution >= 4 is 60.8 Å². The summed E-state index contributed by atoms with van der Waals surface area (Å²) in [5, 5.41) is 51.4. The summed E-state index contributed by atoms with van der Waals surface area (Å²) in [5.41, 5.74) is 17.8. The fourth-order valence-corrected chi connectivity index (χ4v) is 13.0. The first kappa shape index (κ1) is 60.6. The van der Waals surface area contributed by atoms with E-state index >= 15 is 0 Å². The van der Waals surface area contributed by atoms with Gasteiger partial charge in [-0.15, -0.1) is 0 Å². The van der Waals surface area contributed by atoms with Gasteiger partial charge in [0.1, 0.15) is 0 Å². The number of nitrogens with one attached hydrogen (secondary N) is 1. The monoisotopic (exact) mass is 1190 g/mol. The maximum Gasteiger partial charge on any atom is 0.165 e. The van der Waals surface area contributed by atoms with Crippen molar-refractivity contribution in [2.45, 2.75) is 68.7 Å². The molecule has 10 heteroatoms. The molecule has 0 aliphatic carbocycles. The van der Waals surface area contributed by atoms with Gasteiger partial charge < -0.3 is 19.7 Å². The Labute approximate surface area is 539 Å². The number of fused-ring (bicyclic) bond motifs is 6. The second-order valence-electron chi connectivity index (χ2n) is 23.9. The molecule has 0 fully saturated rings. The predicted octanol–water partition coefficient (Wildman–Crippen LogP) is 21.0. The lowest BCUT2D eigenvalue weighted by Gasteiger charge is -2.36. The molecular formula is C82H70N10. The van der Waals surface area contributed by atoms with Crippen molar-refractivity contribution < 1.29 is 0 Å². The Kier molecular flexibility index (Phi) is 17.0. The van der Waals surface area contributed by atoms with Gasteiger partial charge in [-0.25, -0.2) is 4.98 Å². The summed E-state index contributed by atoms with van der Waals surface area (Å²) < 4.78 is 4.68. The molecule has 10 aromatic rings. The lowest BCUT2D eigenvalue weighted by Crippen LogP contribution is -2.27. The summed E-state index contributed by atoms with van der Waals surface area (Å²) in [6, 6.07) is 69.7. The maximum atomic E-state index is 10.8. The molecule has 2 aliphatic heterocycles. The average molecular weight is 1200 g/mol. The van der Waals surface area contributed by atoms with Gasteiger partial charge in [0.25, 0.3) is 0 Å². The fourth-order valence-electron chi connectivity index (χ4n) is 13.0. The number of hydrogen-bond acceptors (Lipinski definition) is 8. The largest absolute Gasteiger partial charge is 0.356 e. The molecule has 0 amide bonds. The Morgan fingerprint density at radius 2 is 0.935 bits per heavy atom. The molecule has 12 rings (SSSR count). The number of hydrogen-bond donors (Lipinski definition) is 1. The highest BCUT2D eigenvalue weighted by molar-refractivity contribution is 6.18. The van der Waals surface area contributed by atoms with Crippen LogP contribution in [0.5, 0.6) is 0 Å². The quantitative estimate of drug-likeness (QED) is 0.135. The zero-order valence-corrected chi connectivity index (χ0v) is 53.3. The maximum absolute atomic E-state index is 10.8. The van der Waals surface area contributed by atoms with Crippen molar-refractivity contribution in [1.82, 2.24) is 14.1 Å². The first-order valence-corrected chi connectivity index (χ1v) is 31.3. The highest BCUT2D eigenvalue weighted by atomic mass is 15.3. The van der Waals surface area contributed by atoms with E-state index < -0.39 is 11.8 Å². The van der Waals surface area contributed by atoms with Crippen molar-refractivity contribution in [3.8, 4) is 69.2 Å². The molecule has 0 saturated heterocycles. The van der Waals surface area contributed by atoms with Crippen LogP contribution in [0, 0.1) is 63.1 Å². The minimum atomic E-state index is -0.468. The average Bonchev–Trinajstić information content (AvgIpc) is 1.42. The summed E-state index contributed by atoms with van der Waals surface area (Å²) in [5.74, 6) is 0.372. The van der Waals surface area contributed by atoms with Crippen LogP contribution in [0.1, 0.15) is 68.7 Å². The molecule has 0 spiro atoms. The van der Waals surface area contributed by atoms with E-state index in [0.717, 1.165) is 118 Å². The molecule has 0 saturated carbocycles. The molecule has 7 aromatic carbocycles. The van der Waals surface area contributed by atoms with E-state index in [-0.39, 0.29) is 5.92 Å². The molecule has 0 radical (unpaired) electrons. The number of allylic oxidation sites excluding steroid dienone is 18. The van der Waals surface area contributed by atoms with Crippen molar-refractivity contribution in [2.75, 3.05) is 15.1 Å². The van der Waals surface area contributed by atoms with E-state index in [1.807, 2.05) is 94.5 Å². The molecule has 92 heavy (non-hydrogen) atoms. The van der Waals surface area contributed by atoms with Gasteiger partial charge in [-0.2, -0.15) is 21.0 Å². The van der Waals surface area contributed by atoms with E-state index in [1.165, 1.54) is 0 Å². The van der Waals surface area contributed by atoms with Crippen LogP contribution >= 0.6 is 0 Å². The van der Waals surface area contributed by atoms with Crippen molar-refractivity contribution in [1.29, 1.82) is 21.0 Å². The second kappa shape index (κ2) is 25.8. The molecule has 10 nitrogen and oxygen atoms in total. The molecule has 3 aromatic heterocycles. The van der Waals surface area contributed by atoms with E-state index in [0.29, 0.717) is 45.3 Å². The highest BCUT2D eigenvalue weighted by Crippen LogP contribution is 2.54. The van der Waals surface area contributed by atoms with Gasteiger partial charge in [0.2, 0.25) is 0 Å². The third-order valence-electron chi connectivity index (χ3n) is 18.0. The molecule has 5 heterocycles. The number of rotatable bonds is 11. The number of nitrogens with zero attached hydrogens (tertiary/aromatic N) is 9. The number of anilines is 3. The van der Waals surface area contributed by atoms with Crippen molar-refractivity contribution in [2.24, 2.45) is 17.8 Å². The SMILES string of the molecule is CCC(C)/C=C(\C)Nc1c(N2/C(C)=C/C=C(/C#N)C(C)/C(C#N)=C\C=C\2C)nc(-n2c3ccc(-c4ccccc4)cc3c3cc(-c4ccccc4)ccc32)c(N2/C(C)=C/C=C(/C#N)C(C)/C(C#N)=C\C=C\2C)c1-c1cccc2c3ccccc3n(-c3ccccc3)c12. The minimum absolute atomic E-state index is 0.189. The van der Waals surface area contributed by atoms with Crippen molar-refractivity contribution in [3.05, 3.63) is 275 Å². The Morgan fingerprint density at radius 1 is 0.489 bits per heavy atom. The van der Waals surface area contributed by atoms with Crippen LogP contribution in [-0.4, -0.2) is 14.1 Å². The standard InChI is InChI=1S/C82H70N10/c1-10-52(2)45-53(3)87-78-77(71-31-22-30-70-69-29-20-21-32-74(69)91(79(70)71)68-27-18-13-19-28-68)80(89-54(4)33-37-64(48-83)58(8)65(49-84)38-34-55(89)5)82(88-81(78)90-56(6)35-39-66(50-85)59(9)67(51-86)40-36-57(90)7)92-75-43-41-62(60-23-14-11-15-24-60)46-72(75)73-47-63(42-44-76(73)92)61-25-16-12-17-26-61/h11-47,52,58-59,87H,10H2,1-9H3/b53-45+,54-33+,55-34+,56-35+,57-36+,64-37-,65-38-,66-39-,67-40-. The van der Waals surface area contributed by atoms with Gasteiger partial charge in [-0.3, -0.25) is 4.57 Å². The summed E-state index contributed by atoms with van der Waals surface area (Å²) >= 11 is 0. The molecule has 448 valence electrons. The van der Waals surface area contributed by atoms with Gasteiger partial charge in [-0.1, -0.05) is 168 Å². The lowest BCUT2D eigenvalue weighted by molar-refractivity contribution is 0.693. The van der Waals surface area contributed by atoms with Gasteiger partial charge in [-0.05, 0) is 154 Å². The van der Waals surface area contributed by atoms with Crippen LogP contribution in [0.25, 0.3) is 88.5 Å². The van der Waals surface area contributed by atoms with Crippen LogP contribution in [0.4, 0.5) is 17.2 Å². The molecule has 0 bridgehead atoms. The fraction of sp³-hybridized carbons (Fsp3) is 0.159. The van der Waals surface area contributed by atoms with E-state index in [2.05, 4.69) is 241 Å². The van der Waals surface area contributed by atoms with Crippen LogP contribution in [0.15, 0.2) is 275 Å². The lowest BCUT2D eigenvalue weighted by atomic mass is 9.92. The third kappa shape index (κ3) is 11.1. The zero-order chi connectivity index (χ0) is 64.3. The first-order chi connectivity index (χ1) is 44.8. The molecule has 1 atom stereocenters. The molecule has 2 aliphatic rings. The Bertz CT molecular complexity index is 4890. The number of nitriles is 4. The third-order valence-corrected chi connectivity index (χ3v) is 18.0. The van der Waals surface area contributed by atoms with Crippen LogP contribution in [-0.2, 0) is 0 Å². The zero-order valence-electron chi connectivity index (χ0n) is 53.3. The summed E-state index contributed by atoms with van der Waals surface area (Å²) in [6.45, 7) is 18.5. The topological polar surface area (TPSA) is 136 Å². The van der Waals surface area contributed by atoms with Gasteiger partial charge in [0.15, 0.2) is 11.6 Å². The Morgan fingerprint density at radius 3 is 1.42 bits per heavy atom. The number of para-hydroxylation sites is 3.